The predicted molar refractivity (Wildman–Crippen MR) is 69.7 cm³/mol. The van der Waals surface area contributed by atoms with Gasteiger partial charge in [0.25, 0.3) is 0 Å². The third-order valence-electron chi connectivity index (χ3n) is 2.34. The molecule has 2 rings (SSSR count). The van der Waals surface area contributed by atoms with E-state index >= 15 is 0 Å². The van der Waals surface area contributed by atoms with Crippen molar-refractivity contribution in [1.82, 2.24) is 10.3 Å². The number of hydrogen-bond acceptors (Lipinski definition) is 4. The second-order valence-electron chi connectivity index (χ2n) is 3.63. The minimum Gasteiger partial charge on any atom is -0.440 e. The molecule has 0 radical (unpaired) electrons. The van der Waals surface area contributed by atoms with Gasteiger partial charge in [-0.05, 0) is 42.0 Å². The van der Waals surface area contributed by atoms with Gasteiger partial charge in [0.1, 0.15) is 5.76 Å². The molecule has 2 heterocycles. The van der Waals surface area contributed by atoms with Crippen molar-refractivity contribution in [3.63, 3.8) is 0 Å². The standard InChI is InChI=1S/C11H13BrN2OS/c1-7(13-2)5-8-6-14-11(15-8)9-3-4-10(12)16-9/h3-4,6-7,13H,5H2,1-2H3. The fourth-order valence-corrected chi connectivity index (χ4v) is 2.67. The fourth-order valence-electron chi connectivity index (χ4n) is 1.35. The van der Waals surface area contributed by atoms with Crippen LogP contribution in [0.5, 0.6) is 0 Å². The maximum absolute atomic E-state index is 5.69. The zero-order valence-electron chi connectivity index (χ0n) is 9.16. The molecule has 0 saturated heterocycles. The molecule has 2 aromatic rings. The van der Waals surface area contributed by atoms with Crippen molar-refractivity contribution in [3.05, 3.63) is 27.9 Å². The molecule has 1 N–H and O–H groups in total. The van der Waals surface area contributed by atoms with E-state index < -0.39 is 0 Å². The SMILES string of the molecule is CNC(C)Cc1cnc(-c2ccc(Br)s2)o1. The number of oxazole rings is 1. The first-order valence-electron chi connectivity index (χ1n) is 5.06. The van der Waals surface area contributed by atoms with Crippen LogP contribution in [0.1, 0.15) is 12.7 Å². The molecule has 0 saturated carbocycles. The van der Waals surface area contributed by atoms with Gasteiger partial charge in [-0.3, -0.25) is 0 Å². The Kier molecular flexibility index (Phi) is 3.78. The summed E-state index contributed by atoms with van der Waals surface area (Å²) in [5.74, 6) is 1.62. The highest BCUT2D eigenvalue weighted by Crippen LogP contribution is 2.30. The van der Waals surface area contributed by atoms with Gasteiger partial charge in [0, 0.05) is 12.5 Å². The van der Waals surface area contributed by atoms with Crippen molar-refractivity contribution in [2.24, 2.45) is 0 Å². The van der Waals surface area contributed by atoms with Crippen LogP contribution in [0.15, 0.2) is 26.5 Å². The second kappa shape index (κ2) is 5.12. The Bertz CT molecular complexity index is 466. The summed E-state index contributed by atoms with van der Waals surface area (Å²) in [6.45, 7) is 2.12. The van der Waals surface area contributed by atoms with E-state index in [0.29, 0.717) is 11.9 Å². The predicted octanol–water partition coefficient (Wildman–Crippen LogP) is 3.32. The quantitative estimate of drug-likeness (QED) is 0.941. The molecule has 1 unspecified atom stereocenters. The molecular formula is C11H13BrN2OS. The zero-order valence-corrected chi connectivity index (χ0v) is 11.6. The molecular weight excluding hydrogens is 288 g/mol. The Morgan fingerprint density at radius 3 is 3.00 bits per heavy atom. The Balaban J connectivity index is 2.13. The number of nitrogens with one attached hydrogen (secondary N) is 1. The molecule has 0 spiro atoms. The van der Waals surface area contributed by atoms with Gasteiger partial charge >= 0.3 is 0 Å². The van der Waals surface area contributed by atoms with Crippen LogP contribution in [0.4, 0.5) is 0 Å². The molecule has 0 amide bonds. The first-order chi connectivity index (χ1) is 7.69. The molecule has 0 bridgehead atoms. The van der Waals surface area contributed by atoms with Crippen LogP contribution in [0.2, 0.25) is 0 Å². The molecule has 2 aromatic heterocycles. The first kappa shape index (κ1) is 11.8. The summed E-state index contributed by atoms with van der Waals surface area (Å²) in [4.78, 5) is 5.33. The summed E-state index contributed by atoms with van der Waals surface area (Å²) in [5.41, 5.74) is 0. The lowest BCUT2D eigenvalue weighted by molar-refractivity contribution is 0.479. The van der Waals surface area contributed by atoms with Crippen LogP contribution >= 0.6 is 27.3 Å². The van der Waals surface area contributed by atoms with Gasteiger partial charge in [0.2, 0.25) is 5.89 Å². The van der Waals surface area contributed by atoms with Gasteiger partial charge in [-0.15, -0.1) is 11.3 Å². The van der Waals surface area contributed by atoms with E-state index in [1.807, 2.05) is 19.2 Å². The largest absolute Gasteiger partial charge is 0.440 e. The first-order valence-corrected chi connectivity index (χ1v) is 6.67. The number of rotatable bonds is 4. The third kappa shape index (κ3) is 2.72. The van der Waals surface area contributed by atoms with Crippen molar-refractivity contribution in [1.29, 1.82) is 0 Å². The minimum absolute atomic E-state index is 0.399. The fraction of sp³-hybridized carbons (Fsp3) is 0.364. The lowest BCUT2D eigenvalue weighted by atomic mass is 10.2. The van der Waals surface area contributed by atoms with Gasteiger partial charge in [0.15, 0.2) is 0 Å². The van der Waals surface area contributed by atoms with Crippen molar-refractivity contribution in [3.8, 4) is 10.8 Å². The molecule has 0 aromatic carbocycles. The monoisotopic (exact) mass is 300 g/mol. The highest BCUT2D eigenvalue weighted by molar-refractivity contribution is 9.11. The number of thiophene rings is 1. The minimum atomic E-state index is 0.399. The molecule has 86 valence electrons. The second-order valence-corrected chi connectivity index (χ2v) is 6.09. The lowest BCUT2D eigenvalue weighted by Gasteiger charge is -2.05. The van der Waals surface area contributed by atoms with Gasteiger partial charge in [0.05, 0.1) is 14.9 Å². The molecule has 16 heavy (non-hydrogen) atoms. The summed E-state index contributed by atoms with van der Waals surface area (Å²) in [6, 6.07) is 4.40. The zero-order chi connectivity index (χ0) is 11.5. The van der Waals surface area contributed by atoms with Crippen molar-refractivity contribution < 1.29 is 4.42 Å². The summed E-state index contributed by atoms with van der Waals surface area (Å²) in [6.07, 6.45) is 2.66. The Labute approximate surface area is 107 Å². The normalized spacial score (nSPS) is 12.9. The van der Waals surface area contributed by atoms with Crippen molar-refractivity contribution in [2.45, 2.75) is 19.4 Å². The third-order valence-corrected chi connectivity index (χ3v) is 3.95. The summed E-state index contributed by atoms with van der Waals surface area (Å²) in [5, 5.41) is 3.17. The van der Waals surface area contributed by atoms with Gasteiger partial charge in [-0.25, -0.2) is 4.98 Å². The van der Waals surface area contributed by atoms with E-state index in [-0.39, 0.29) is 0 Å². The number of likely N-dealkylation sites (N-methyl/N-ethyl adjacent to an activating group) is 1. The van der Waals surface area contributed by atoms with Crippen molar-refractivity contribution >= 4 is 27.3 Å². The van der Waals surface area contributed by atoms with Crippen LogP contribution < -0.4 is 5.32 Å². The van der Waals surface area contributed by atoms with E-state index in [0.717, 1.165) is 20.8 Å². The van der Waals surface area contributed by atoms with Crippen LogP contribution in [-0.4, -0.2) is 18.1 Å². The molecule has 5 heteroatoms. The average Bonchev–Trinajstić information content (AvgIpc) is 2.87. The Morgan fingerprint density at radius 1 is 1.56 bits per heavy atom. The molecule has 0 aliphatic heterocycles. The van der Waals surface area contributed by atoms with Crippen LogP contribution in [0, 0.1) is 0 Å². The molecule has 0 aliphatic carbocycles. The average molecular weight is 301 g/mol. The van der Waals surface area contributed by atoms with Crippen LogP contribution in [0.3, 0.4) is 0 Å². The van der Waals surface area contributed by atoms with Crippen LogP contribution in [0.25, 0.3) is 10.8 Å². The molecule has 3 nitrogen and oxygen atoms in total. The Hall–Kier alpha value is -0.650. The topological polar surface area (TPSA) is 38.1 Å². The number of aromatic nitrogens is 1. The van der Waals surface area contributed by atoms with E-state index in [1.54, 1.807) is 17.5 Å². The van der Waals surface area contributed by atoms with Gasteiger partial charge < -0.3 is 9.73 Å². The van der Waals surface area contributed by atoms with E-state index in [2.05, 4.69) is 33.2 Å². The lowest BCUT2D eigenvalue weighted by Crippen LogP contribution is -2.23. The molecule has 0 aliphatic rings. The summed E-state index contributed by atoms with van der Waals surface area (Å²) >= 11 is 5.05. The highest BCUT2D eigenvalue weighted by atomic mass is 79.9. The smallest absolute Gasteiger partial charge is 0.236 e. The number of hydrogen-bond donors (Lipinski definition) is 1. The molecule has 0 fully saturated rings. The van der Waals surface area contributed by atoms with Crippen molar-refractivity contribution in [2.75, 3.05) is 7.05 Å². The summed E-state index contributed by atoms with van der Waals surface area (Å²) < 4.78 is 6.78. The Morgan fingerprint density at radius 2 is 2.38 bits per heavy atom. The van der Waals surface area contributed by atoms with Gasteiger partial charge in [-0.1, -0.05) is 0 Å². The summed E-state index contributed by atoms with van der Waals surface area (Å²) in [7, 11) is 1.94. The van der Waals surface area contributed by atoms with E-state index in [4.69, 9.17) is 4.42 Å². The molecule has 1 atom stereocenters. The highest BCUT2D eigenvalue weighted by Gasteiger charge is 2.10. The van der Waals surface area contributed by atoms with E-state index in [1.165, 1.54) is 0 Å². The van der Waals surface area contributed by atoms with Crippen LogP contribution in [-0.2, 0) is 6.42 Å². The van der Waals surface area contributed by atoms with Gasteiger partial charge in [-0.2, -0.15) is 0 Å². The maximum Gasteiger partial charge on any atom is 0.236 e. The maximum atomic E-state index is 5.69. The number of halogens is 1. The number of nitrogens with zero attached hydrogens (tertiary/aromatic N) is 1. The van der Waals surface area contributed by atoms with E-state index in [9.17, 15) is 0 Å².